The maximum atomic E-state index is 10.5. The van der Waals surface area contributed by atoms with Crippen LogP contribution < -0.4 is 0 Å². The van der Waals surface area contributed by atoms with E-state index in [0.29, 0.717) is 6.42 Å². The number of carbonyl (C=O) groups is 2. The molecule has 0 aromatic carbocycles. The first kappa shape index (κ1) is 12.5. The minimum absolute atomic E-state index is 0.0533. The van der Waals surface area contributed by atoms with Crippen molar-refractivity contribution in [2.75, 3.05) is 13.2 Å². The molecule has 0 aliphatic rings. The second-order valence-corrected chi connectivity index (χ2v) is 2.47. The van der Waals surface area contributed by atoms with Crippen molar-refractivity contribution in [1.82, 2.24) is 0 Å². The van der Waals surface area contributed by atoms with E-state index in [0.717, 1.165) is 0 Å². The lowest BCUT2D eigenvalue weighted by molar-refractivity contribution is -0.142. The first-order valence-electron chi connectivity index (χ1n) is 4.27. The van der Waals surface area contributed by atoms with Crippen LogP contribution in [0.4, 0.5) is 0 Å². The van der Waals surface area contributed by atoms with Gasteiger partial charge in [-0.25, -0.2) is 4.79 Å². The van der Waals surface area contributed by atoms with Gasteiger partial charge in [0.1, 0.15) is 13.2 Å². The number of hydrogen-bond donors (Lipinski definition) is 1. The third kappa shape index (κ3) is 6.05. The molecule has 1 N–H and O–H groups in total. The Labute approximate surface area is 82.3 Å². The van der Waals surface area contributed by atoms with Crippen LogP contribution in [0.5, 0.6) is 0 Å². The van der Waals surface area contributed by atoms with Crippen molar-refractivity contribution >= 4 is 11.9 Å². The summed E-state index contributed by atoms with van der Waals surface area (Å²) in [4.78, 5) is 20.9. The van der Waals surface area contributed by atoms with Crippen LogP contribution in [-0.4, -0.2) is 30.3 Å². The number of allylic oxidation sites excluding steroid dienone is 1. The molecule has 0 atom stereocenters. The smallest absolute Gasteiger partial charge is 0.370 e. The number of carboxylic acid groups (broad SMARTS) is 1. The third-order valence-electron chi connectivity index (χ3n) is 1.25. The fraction of sp³-hybridized carbons (Fsp3) is 0.556. The molecule has 0 aliphatic heterocycles. The largest absolute Gasteiger partial charge is 0.483 e. The molecule has 0 bridgehead atoms. The first-order chi connectivity index (χ1) is 6.57. The Morgan fingerprint density at radius 2 is 1.86 bits per heavy atom. The number of hydrogen-bond acceptors (Lipinski definition) is 4. The Kier molecular flexibility index (Phi) is 6.19. The zero-order chi connectivity index (χ0) is 11.0. The molecule has 80 valence electrons. The Morgan fingerprint density at radius 1 is 1.29 bits per heavy atom. The average Bonchev–Trinajstić information content (AvgIpc) is 2.09. The summed E-state index contributed by atoms with van der Waals surface area (Å²) in [6, 6.07) is 0. The number of esters is 1. The van der Waals surface area contributed by atoms with Crippen molar-refractivity contribution in [2.24, 2.45) is 0 Å². The second-order valence-electron chi connectivity index (χ2n) is 2.47. The van der Waals surface area contributed by atoms with E-state index in [9.17, 15) is 9.59 Å². The SMILES string of the molecule is CC/C=C(/OCCOC(C)=O)C(=O)O. The summed E-state index contributed by atoms with van der Waals surface area (Å²) >= 11 is 0. The van der Waals surface area contributed by atoms with Crippen LogP contribution in [0.2, 0.25) is 0 Å². The van der Waals surface area contributed by atoms with Crippen LogP contribution in [0, 0.1) is 0 Å². The van der Waals surface area contributed by atoms with Crippen molar-refractivity contribution in [3.63, 3.8) is 0 Å². The minimum Gasteiger partial charge on any atom is -0.483 e. The zero-order valence-corrected chi connectivity index (χ0v) is 8.28. The second kappa shape index (κ2) is 6.94. The highest BCUT2D eigenvalue weighted by Crippen LogP contribution is 1.99. The van der Waals surface area contributed by atoms with Gasteiger partial charge in [0.25, 0.3) is 0 Å². The van der Waals surface area contributed by atoms with Crippen molar-refractivity contribution < 1.29 is 24.2 Å². The quantitative estimate of drug-likeness (QED) is 0.300. The summed E-state index contributed by atoms with van der Waals surface area (Å²) in [6.45, 7) is 3.19. The van der Waals surface area contributed by atoms with Gasteiger partial charge in [0.05, 0.1) is 0 Å². The Morgan fingerprint density at radius 3 is 2.29 bits per heavy atom. The van der Waals surface area contributed by atoms with E-state index in [4.69, 9.17) is 9.84 Å². The van der Waals surface area contributed by atoms with E-state index in [-0.39, 0.29) is 19.0 Å². The van der Waals surface area contributed by atoms with Gasteiger partial charge in [0.15, 0.2) is 5.76 Å². The highest BCUT2D eigenvalue weighted by atomic mass is 16.6. The predicted molar refractivity (Wildman–Crippen MR) is 48.6 cm³/mol. The molecule has 14 heavy (non-hydrogen) atoms. The molecule has 5 nitrogen and oxygen atoms in total. The van der Waals surface area contributed by atoms with Crippen molar-refractivity contribution in [3.05, 3.63) is 11.8 Å². The van der Waals surface area contributed by atoms with Gasteiger partial charge >= 0.3 is 11.9 Å². The molecular weight excluding hydrogens is 188 g/mol. The molecule has 0 heterocycles. The summed E-state index contributed by atoms with van der Waals surface area (Å²) < 4.78 is 9.44. The molecule has 5 heteroatoms. The molecule has 0 rings (SSSR count). The molecule has 0 aromatic rings. The molecule has 0 amide bonds. The van der Waals surface area contributed by atoms with E-state index >= 15 is 0 Å². The van der Waals surface area contributed by atoms with Gasteiger partial charge in [0.2, 0.25) is 0 Å². The molecular formula is C9H14O5. The lowest BCUT2D eigenvalue weighted by Gasteiger charge is -2.06. The van der Waals surface area contributed by atoms with Crippen molar-refractivity contribution in [1.29, 1.82) is 0 Å². The molecule has 0 fully saturated rings. The standard InChI is InChI=1S/C9H14O5/c1-3-4-8(9(11)12)14-6-5-13-7(2)10/h4H,3,5-6H2,1-2H3,(H,11,12)/b8-4+. The van der Waals surface area contributed by atoms with E-state index in [1.54, 1.807) is 6.92 Å². The number of carboxylic acids is 1. The fourth-order valence-corrected chi connectivity index (χ4v) is 0.730. The highest BCUT2D eigenvalue weighted by molar-refractivity contribution is 5.84. The summed E-state index contributed by atoms with van der Waals surface area (Å²) in [6.07, 6.45) is 2.03. The van der Waals surface area contributed by atoms with Gasteiger partial charge in [-0.3, -0.25) is 4.79 Å². The zero-order valence-electron chi connectivity index (χ0n) is 8.28. The number of ether oxygens (including phenoxy) is 2. The summed E-state index contributed by atoms with van der Waals surface area (Å²) in [7, 11) is 0. The van der Waals surface area contributed by atoms with E-state index in [1.807, 2.05) is 0 Å². The first-order valence-corrected chi connectivity index (χ1v) is 4.27. The van der Waals surface area contributed by atoms with E-state index in [1.165, 1.54) is 13.0 Å². The predicted octanol–water partition coefficient (Wildman–Crippen LogP) is 0.945. The van der Waals surface area contributed by atoms with Crippen molar-refractivity contribution in [2.45, 2.75) is 20.3 Å². The number of carbonyl (C=O) groups excluding carboxylic acids is 1. The Balaban J connectivity index is 3.79. The van der Waals surface area contributed by atoms with Crippen molar-refractivity contribution in [3.8, 4) is 0 Å². The van der Waals surface area contributed by atoms with Crippen LogP contribution in [-0.2, 0) is 19.1 Å². The molecule has 0 saturated heterocycles. The molecule has 0 radical (unpaired) electrons. The molecule has 0 unspecified atom stereocenters. The van der Waals surface area contributed by atoms with Gasteiger partial charge < -0.3 is 14.6 Å². The molecule has 0 aromatic heterocycles. The maximum absolute atomic E-state index is 10.5. The van der Waals surface area contributed by atoms with Crippen LogP contribution in [0.1, 0.15) is 20.3 Å². The van der Waals surface area contributed by atoms with E-state index in [2.05, 4.69) is 4.74 Å². The normalized spacial score (nSPS) is 10.9. The Hall–Kier alpha value is -1.52. The van der Waals surface area contributed by atoms with Gasteiger partial charge in [-0.2, -0.15) is 0 Å². The van der Waals surface area contributed by atoms with Crippen LogP contribution in [0.15, 0.2) is 11.8 Å². The topological polar surface area (TPSA) is 72.8 Å². The van der Waals surface area contributed by atoms with Gasteiger partial charge in [-0.1, -0.05) is 6.92 Å². The third-order valence-corrected chi connectivity index (χ3v) is 1.25. The lowest BCUT2D eigenvalue weighted by Crippen LogP contribution is -2.11. The monoisotopic (exact) mass is 202 g/mol. The van der Waals surface area contributed by atoms with Crippen LogP contribution in [0.3, 0.4) is 0 Å². The maximum Gasteiger partial charge on any atom is 0.370 e. The van der Waals surface area contributed by atoms with Crippen LogP contribution in [0.25, 0.3) is 0 Å². The minimum atomic E-state index is -1.12. The summed E-state index contributed by atoms with van der Waals surface area (Å²) in [5.41, 5.74) is 0. The number of rotatable bonds is 6. The fourth-order valence-electron chi connectivity index (χ4n) is 0.730. The van der Waals surface area contributed by atoms with Gasteiger partial charge in [0, 0.05) is 6.92 Å². The van der Waals surface area contributed by atoms with Crippen LogP contribution >= 0.6 is 0 Å². The molecule has 0 spiro atoms. The number of aliphatic carboxylic acids is 1. The summed E-state index contributed by atoms with van der Waals surface area (Å²) in [5, 5.41) is 8.61. The summed E-state index contributed by atoms with van der Waals surface area (Å²) in [5.74, 6) is -1.64. The lowest BCUT2D eigenvalue weighted by atomic mass is 10.4. The van der Waals surface area contributed by atoms with Gasteiger partial charge in [-0.15, -0.1) is 0 Å². The highest BCUT2D eigenvalue weighted by Gasteiger charge is 2.07. The molecule has 0 aliphatic carbocycles. The van der Waals surface area contributed by atoms with E-state index < -0.39 is 11.9 Å². The molecule has 0 saturated carbocycles. The Bertz CT molecular complexity index is 231. The average molecular weight is 202 g/mol. The van der Waals surface area contributed by atoms with Gasteiger partial charge in [-0.05, 0) is 12.5 Å².